The average molecular weight is 552 g/mol. The van der Waals surface area contributed by atoms with Gasteiger partial charge in [-0.3, -0.25) is 9.59 Å². The number of esters is 1. The van der Waals surface area contributed by atoms with Gasteiger partial charge >= 0.3 is 5.97 Å². The van der Waals surface area contributed by atoms with Gasteiger partial charge in [0.05, 0.1) is 12.2 Å². The first kappa shape index (κ1) is 32.0. The lowest BCUT2D eigenvalue weighted by atomic mass is 9.68. The van der Waals surface area contributed by atoms with Crippen LogP contribution in [0.5, 0.6) is 0 Å². The first-order chi connectivity index (χ1) is 18.4. The molecule has 2 unspecified atom stereocenters. The molecule has 0 spiro atoms. The van der Waals surface area contributed by atoms with Gasteiger partial charge in [-0.05, 0) is 93.8 Å². The van der Waals surface area contributed by atoms with Crippen molar-refractivity contribution in [3.05, 3.63) is 0 Å². The number of piperidine rings is 1. The SMILES string of the molecule is CC[C@@H]1CC[C@@H](C)[C@](O)(C(=O)C(=O)N2CCCC[C@H]2C(=O)OC(C(C)C)C(C)C[C@@H]2CC[C@@H](O)[C@H](OC)C2)C1. The number of likely N-dealkylation sites (tertiary alicyclic amines) is 1. The van der Waals surface area contributed by atoms with Crippen molar-refractivity contribution in [3.63, 3.8) is 0 Å². The summed E-state index contributed by atoms with van der Waals surface area (Å²) in [5.41, 5.74) is -1.68. The van der Waals surface area contributed by atoms with E-state index in [1.807, 2.05) is 27.7 Å². The number of ketones is 1. The van der Waals surface area contributed by atoms with E-state index in [1.165, 1.54) is 4.90 Å². The van der Waals surface area contributed by atoms with Gasteiger partial charge in [-0.25, -0.2) is 4.79 Å². The number of ether oxygens (including phenoxy) is 2. The Hall–Kier alpha value is -1.51. The fourth-order valence-electron chi connectivity index (χ4n) is 7.31. The number of aliphatic hydroxyl groups is 2. The zero-order chi connectivity index (χ0) is 28.9. The minimum absolute atomic E-state index is 0.0838. The minimum atomic E-state index is -1.68. The van der Waals surface area contributed by atoms with Crippen molar-refractivity contribution in [1.29, 1.82) is 0 Å². The van der Waals surface area contributed by atoms with Crippen LogP contribution in [0, 0.1) is 29.6 Å². The zero-order valence-corrected chi connectivity index (χ0v) is 25.1. The fourth-order valence-corrected chi connectivity index (χ4v) is 7.31. The third kappa shape index (κ3) is 7.42. The third-order valence-corrected chi connectivity index (χ3v) is 9.97. The summed E-state index contributed by atoms with van der Waals surface area (Å²) < 4.78 is 11.6. The van der Waals surface area contributed by atoms with E-state index in [0.717, 1.165) is 38.5 Å². The average Bonchev–Trinajstić information content (AvgIpc) is 2.92. The van der Waals surface area contributed by atoms with Crippen molar-refractivity contribution < 1.29 is 34.1 Å². The van der Waals surface area contributed by atoms with Crippen molar-refractivity contribution in [2.75, 3.05) is 13.7 Å². The molecule has 0 aromatic heterocycles. The molecule has 1 saturated heterocycles. The number of carbonyl (C=O) groups is 3. The number of hydrogen-bond donors (Lipinski definition) is 2. The van der Waals surface area contributed by atoms with Crippen molar-refractivity contribution in [1.82, 2.24) is 4.90 Å². The van der Waals surface area contributed by atoms with Crippen LogP contribution in [0.2, 0.25) is 0 Å². The first-order valence-corrected chi connectivity index (χ1v) is 15.4. The molecule has 1 amide bonds. The quantitative estimate of drug-likeness (QED) is 0.308. The summed E-state index contributed by atoms with van der Waals surface area (Å²) >= 11 is 0. The molecule has 3 rings (SSSR count). The Labute approximate surface area is 235 Å². The second-order valence-corrected chi connectivity index (χ2v) is 13.1. The minimum Gasteiger partial charge on any atom is -0.460 e. The normalized spacial score (nSPS) is 35.4. The summed E-state index contributed by atoms with van der Waals surface area (Å²) in [7, 11) is 1.63. The maximum absolute atomic E-state index is 13.6. The van der Waals surface area contributed by atoms with Crippen LogP contribution in [0.4, 0.5) is 0 Å². The van der Waals surface area contributed by atoms with Crippen LogP contribution in [0.15, 0.2) is 0 Å². The Balaban J connectivity index is 1.69. The molecule has 3 fully saturated rings. The van der Waals surface area contributed by atoms with E-state index in [0.29, 0.717) is 44.6 Å². The number of hydrogen-bond acceptors (Lipinski definition) is 7. The lowest BCUT2D eigenvalue weighted by Crippen LogP contribution is -2.59. The molecule has 3 aliphatic rings. The molecule has 39 heavy (non-hydrogen) atoms. The number of nitrogens with zero attached hydrogens (tertiary/aromatic N) is 1. The molecule has 8 nitrogen and oxygen atoms in total. The first-order valence-electron chi connectivity index (χ1n) is 15.4. The van der Waals surface area contributed by atoms with Gasteiger partial charge < -0.3 is 24.6 Å². The standard InChI is InChI=1S/C31H53NO7/c1-7-22-12-11-21(5)31(37,18-22)28(34)29(35)32-15-9-8-10-24(32)30(36)39-27(19(2)3)20(4)16-23-13-14-25(33)26(17-23)38-6/h19-27,33,37H,7-18H2,1-6H3/t20?,21-,22-,23+,24+,25-,26-,27?,31+/m1/s1. The summed E-state index contributed by atoms with van der Waals surface area (Å²) in [4.78, 5) is 41.9. The molecule has 0 bridgehead atoms. The molecule has 8 heteroatoms. The molecule has 224 valence electrons. The van der Waals surface area contributed by atoms with E-state index >= 15 is 0 Å². The van der Waals surface area contributed by atoms with Crippen molar-refractivity contribution >= 4 is 17.7 Å². The molecular formula is C31H53NO7. The van der Waals surface area contributed by atoms with Crippen LogP contribution < -0.4 is 0 Å². The Morgan fingerprint density at radius 2 is 1.72 bits per heavy atom. The van der Waals surface area contributed by atoms with Crippen LogP contribution >= 0.6 is 0 Å². The molecular weight excluding hydrogens is 498 g/mol. The zero-order valence-electron chi connectivity index (χ0n) is 25.1. The molecule has 1 aliphatic heterocycles. The lowest BCUT2D eigenvalue weighted by molar-refractivity contribution is -0.172. The summed E-state index contributed by atoms with van der Waals surface area (Å²) in [5, 5.41) is 21.6. The van der Waals surface area contributed by atoms with E-state index in [9.17, 15) is 24.6 Å². The predicted octanol–water partition coefficient (Wildman–Crippen LogP) is 4.28. The molecule has 9 atom stereocenters. The van der Waals surface area contributed by atoms with Gasteiger partial charge in [0.15, 0.2) is 0 Å². The second-order valence-electron chi connectivity index (χ2n) is 13.1. The van der Waals surface area contributed by atoms with Crippen LogP contribution in [-0.4, -0.2) is 76.4 Å². The molecule has 2 N–H and O–H groups in total. The molecule has 2 aliphatic carbocycles. The van der Waals surface area contributed by atoms with Crippen LogP contribution in [0.25, 0.3) is 0 Å². The van der Waals surface area contributed by atoms with Gasteiger partial charge in [0.25, 0.3) is 11.7 Å². The molecule has 0 aromatic carbocycles. The van der Waals surface area contributed by atoms with E-state index in [4.69, 9.17) is 9.47 Å². The van der Waals surface area contributed by atoms with Crippen LogP contribution in [0.3, 0.4) is 0 Å². The van der Waals surface area contributed by atoms with E-state index in [1.54, 1.807) is 7.11 Å². The Morgan fingerprint density at radius 3 is 2.36 bits per heavy atom. The molecule has 0 radical (unpaired) electrons. The molecule has 1 heterocycles. The smallest absolute Gasteiger partial charge is 0.329 e. The van der Waals surface area contributed by atoms with Gasteiger partial charge in [0, 0.05) is 13.7 Å². The summed E-state index contributed by atoms with van der Waals surface area (Å²) in [6, 6.07) is -0.809. The van der Waals surface area contributed by atoms with E-state index in [-0.39, 0.29) is 35.9 Å². The third-order valence-electron chi connectivity index (χ3n) is 9.97. The van der Waals surface area contributed by atoms with E-state index in [2.05, 4.69) is 6.92 Å². The number of Topliss-reactive ketones (excluding diaryl/α,β-unsaturated/α-hetero) is 1. The van der Waals surface area contributed by atoms with E-state index < -0.39 is 35.4 Å². The van der Waals surface area contributed by atoms with Crippen molar-refractivity contribution in [3.8, 4) is 0 Å². The van der Waals surface area contributed by atoms with Crippen molar-refractivity contribution in [2.45, 2.75) is 135 Å². The predicted molar refractivity (Wildman–Crippen MR) is 149 cm³/mol. The number of methoxy groups -OCH3 is 1. The summed E-state index contributed by atoms with van der Waals surface area (Å²) in [5.74, 6) is -1.50. The number of amides is 1. The van der Waals surface area contributed by atoms with Crippen LogP contribution in [-0.2, 0) is 23.9 Å². The Kier molecular flexibility index (Phi) is 11.4. The molecule has 0 aromatic rings. The fraction of sp³-hybridized carbons (Fsp3) is 0.903. The van der Waals surface area contributed by atoms with Gasteiger partial charge in [-0.15, -0.1) is 0 Å². The summed E-state index contributed by atoms with van der Waals surface area (Å²) in [6.45, 7) is 10.4. The lowest BCUT2D eigenvalue weighted by Gasteiger charge is -2.42. The second kappa shape index (κ2) is 13.9. The highest BCUT2D eigenvalue weighted by Gasteiger charge is 2.51. The highest BCUT2D eigenvalue weighted by Crippen LogP contribution is 2.40. The number of aliphatic hydroxyl groups excluding tert-OH is 1. The molecule has 2 saturated carbocycles. The maximum atomic E-state index is 13.6. The topological polar surface area (TPSA) is 113 Å². The maximum Gasteiger partial charge on any atom is 0.329 e. The van der Waals surface area contributed by atoms with Gasteiger partial charge in [0.2, 0.25) is 0 Å². The van der Waals surface area contributed by atoms with Crippen molar-refractivity contribution in [2.24, 2.45) is 29.6 Å². The van der Waals surface area contributed by atoms with Gasteiger partial charge in [-0.1, -0.05) is 41.0 Å². The number of rotatable bonds is 10. The van der Waals surface area contributed by atoms with Gasteiger partial charge in [0.1, 0.15) is 17.7 Å². The highest BCUT2D eigenvalue weighted by molar-refractivity contribution is 6.39. The van der Waals surface area contributed by atoms with Crippen LogP contribution in [0.1, 0.15) is 105 Å². The monoisotopic (exact) mass is 551 g/mol. The Bertz CT molecular complexity index is 847. The number of carbonyl (C=O) groups excluding carboxylic acids is 3. The highest BCUT2D eigenvalue weighted by atomic mass is 16.5. The largest absolute Gasteiger partial charge is 0.460 e. The Morgan fingerprint density at radius 1 is 1.03 bits per heavy atom. The van der Waals surface area contributed by atoms with Gasteiger partial charge in [-0.2, -0.15) is 0 Å². The summed E-state index contributed by atoms with van der Waals surface area (Å²) in [6.07, 6.45) is 7.11.